The molecule has 0 unspecified atom stereocenters. The first kappa shape index (κ1) is 8.70. The third kappa shape index (κ3) is 1.89. The molecule has 0 aliphatic carbocycles. The highest BCUT2D eigenvalue weighted by Gasteiger charge is 2.20. The number of aryl methyl sites for hydroxylation is 1. The van der Waals surface area contributed by atoms with E-state index in [0.29, 0.717) is 5.92 Å². The Kier molecular flexibility index (Phi) is 2.32. The molecular formula is C11H16N2. The fourth-order valence-corrected chi connectivity index (χ4v) is 1.93. The van der Waals surface area contributed by atoms with Crippen LogP contribution >= 0.6 is 0 Å². The Labute approximate surface area is 79.6 Å². The second kappa shape index (κ2) is 3.46. The SMILES string of the molecule is Cc1ccc([C@H]2CCN(C)C2)cn1. The van der Waals surface area contributed by atoms with Gasteiger partial charge in [0, 0.05) is 18.4 Å². The molecule has 1 saturated heterocycles. The molecule has 2 heteroatoms. The van der Waals surface area contributed by atoms with Crippen molar-refractivity contribution in [3.63, 3.8) is 0 Å². The summed E-state index contributed by atoms with van der Waals surface area (Å²) in [6.07, 6.45) is 3.31. The van der Waals surface area contributed by atoms with Crippen molar-refractivity contribution in [2.75, 3.05) is 20.1 Å². The van der Waals surface area contributed by atoms with Crippen LogP contribution in [0.15, 0.2) is 18.3 Å². The van der Waals surface area contributed by atoms with Crippen LogP contribution in [-0.2, 0) is 0 Å². The van der Waals surface area contributed by atoms with Crippen LogP contribution in [0.1, 0.15) is 23.6 Å². The minimum absolute atomic E-state index is 0.707. The molecule has 70 valence electrons. The maximum Gasteiger partial charge on any atom is 0.0372 e. The van der Waals surface area contributed by atoms with Crippen LogP contribution < -0.4 is 0 Å². The average Bonchev–Trinajstić information content (AvgIpc) is 2.53. The zero-order chi connectivity index (χ0) is 9.26. The van der Waals surface area contributed by atoms with Crippen LogP contribution in [0.3, 0.4) is 0 Å². The molecule has 2 nitrogen and oxygen atoms in total. The first-order chi connectivity index (χ1) is 6.25. The number of hydrogen-bond acceptors (Lipinski definition) is 2. The highest BCUT2D eigenvalue weighted by atomic mass is 15.1. The molecule has 1 aromatic rings. The van der Waals surface area contributed by atoms with E-state index in [2.05, 4.69) is 29.1 Å². The highest BCUT2D eigenvalue weighted by molar-refractivity contribution is 5.19. The second-order valence-electron chi connectivity index (χ2n) is 3.98. The fourth-order valence-electron chi connectivity index (χ4n) is 1.93. The average molecular weight is 176 g/mol. The third-order valence-corrected chi connectivity index (χ3v) is 2.80. The molecule has 1 aliphatic rings. The van der Waals surface area contributed by atoms with E-state index in [1.54, 1.807) is 0 Å². The standard InChI is InChI=1S/C11H16N2/c1-9-3-4-10(7-12-9)11-5-6-13(2)8-11/h3-4,7,11H,5-6,8H2,1-2H3/t11-/m0/s1. The van der Waals surface area contributed by atoms with E-state index in [9.17, 15) is 0 Å². The van der Waals surface area contributed by atoms with Crippen molar-refractivity contribution in [1.82, 2.24) is 9.88 Å². The lowest BCUT2D eigenvalue weighted by molar-refractivity contribution is 0.411. The van der Waals surface area contributed by atoms with Crippen molar-refractivity contribution < 1.29 is 0 Å². The van der Waals surface area contributed by atoms with Crippen LogP contribution in [-0.4, -0.2) is 30.0 Å². The van der Waals surface area contributed by atoms with Gasteiger partial charge in [-0.05, 0) is 44.5 Å². The molecule has 1 aromatic heterocycles. The van der Waals surface area contributed by atoms with Gasteiger partial charge in [-0.1, -0.05) is 6.07 Å². The van der Waals surface area contributed by atoms with E-state index >= 15 is 0 Å². The molecule has 0 N–H and O–H groups in total. The molecule has 0 amide bonds. The first-order valence-electron chi connectivity index (χ1n) is 4.87. The third-order valence-electron chi connectivity index (χ3n) is 2.80. The molecule has 1 atom stereocenters. The van der Waals surface area contributed by atoms with Crippen LogP contribution in [0.5, 0.6) is 0 Å². The number of hydrogen-bond donors (Lipinski definition) is 0. The lowest BCUT2D eigenvalue weighted by atomic mass is 10.0. The first-order valence-corrected chi connectivity index (χ1v) is 4.87. The predicted molar refractivity (Wildman–Crippen MR) is 53.8 cm³/mol. The lowest BCUT2D eigenvalue weighted by Gasteiger charge is -2.10. The van der Waals surface area contributed by atoms with Crippen LogP contribution in [0.4, 0.5) is 0 Å². The maximum absolute atomic E-state index is 4.33. The number of nitrogens with zero attached hydrogens (tertiary/aromatic N) is 2. The zero-order valence-electron chi connectivity index (χ0n) is 8.33. The van der Waals surface area contributed by atoms with E-state index < -0.39 is 0 Å². The quantitative estimate of drug-likeness (QED) is 0.648. The lowest BCUT2D eigenvalue weighted by Crippen LogP contribution is -2.13. The Balaban J connectivity index is 2.13. The van der Waals surface area contributed by atoms with Crippen LogP contribution in [0.25, 0.3) is 0 Å². The molecule has 1 aliphatic heterocycles. The summed E-state index contributed by atoms with van der Waals surface area (Å²) in [5.41, 5.74) is 2.50. The summed E-state index contributed by atoms with van der Waals surface area (Å²) in [7, 11) is 2.18. The summed E-state index contributed by atoms with van der Waals surface area (Å²) in [6.45, 7) is 4.44. The number of likely N-dealkylation sites (tertiary alicyclic amines) is 1. The van der Waals surface area contributed by atoms with Crippen molar-refractivity contribution in [1.29, 1.82) is 0 Å². The van der Waals surface area contributed by atoms with Gasteiger partial charge < -0.3 is 4.90 Å². The number of aromatic nitrogens is 1. The summed E-state index contributed by atoms with van der Waals surface area (Å²) in [4.78, 5) is 6.71. The van der Waals surface area contributed by atoms with Gasteiger partial charge >= 0.3 is 0 Å². The van der Waals surface area contributed by atoms with Crippen molar-refractivity contribution in [2.24, 2.45) is 0 Å². The molecule has 0 saturated carbocycles. The molecular weight excluding hydrogens is 160 g/mol. The second-order valence-corrected chi connectivity index (χ2v) is 3.98. The van der Waals surface area contributed by atoms with E-state index in [4.69, 9.17) is 0 Å². The van der Waals surface area contributed by atoms with Gasteiger partial charge in [-0.25, -0.2) is 0 Å². The van der Waals surface area contributed by atoms with Gasteiger partial charge in [0.25, 0.3) is 0 Å². The summed E-state index contributed by atoms with van der Waals surface area (Å²) in [5, 5.41) is 0. The molecule has 1 fully saturated rings. The fraction of sp³-hybridized carbons (Fsp3) is 0.545. The minimum atomic E-state index is 0.707. The van der Waals surface area contributed by atoms with Gasteiger partial charge in [0.05, 0.1) is 0 Å². The van der Waals surface area contributed by atoms with Gasteiger partial charge in [0.1, 0.15) is 0 Å². The smallest absolute Gasteiger partial charge is 0.0372 e. The number of likely N-dealkylation sites (N-methyl/N-ethyl adjacent to an activating group) is 1. The molecule has 0 bridgehead atoms. The highest BCUT2D eigenvalue weighted by Crippen LogP contribution is 2.25. The van der Waals surface area contributed by atoms with Crippen molar-refractivity contribution >= 4 is 0 Å². The molecule has 2 heterocycles. The van der Waals surface area contributed by atoms with Gasteiger partial charge in [-0.2, -0.15) is 0 Å². The molecule has 13 heavy (non-hydrogen) atoms. The van der Waals surface area contributed by atoms with Crippen LogP contribution in [0, 0.1) is 6.92 Å². The molecule has 0 spiro atoms. The van der Waals surface area contributed by atoms with E-state index in [1.807, 2.05) is 13.1 Å². The minimum Gasteiger partial charge on any atom is -0.306 e. The maximum atomic E-state index is 4.33. The Morgan fingerprint density at radius 1 is 1.46 bits per heavy atom. The summed E-state index contributed by atoms with van der Waals surface area (Å²) in [5.74, 6) is 0.707. The Morgan fingerprint density at radius 2 is 2.31 bits per heavy atom. The Hall–Kier alpha value is -0.890. The van der Waals surface area contributed by atoms with Crippen molar-refractivity contribution in [3.05, 3.63) is 29.6 Å². The van der Waals surface area contributed by atoms with Gasteiger partial charge in [-0.3, -0.25) is 4.98 Å². The monoisotopic (exact) mass is 176 g/mol. The summed E-state index contributed by atoms with van der Waals surface area (Å²) < 4.78 is 0. The van der Waals surface area contributed by atoms with E-state index in [1.165, 1.54) is 25.1 Å². The van der Waals surface area contributed by atoms with Crippen molar-refractivity contribution in [3.8, 4) is 0 Å². The van der Waals surface area contributed by atoms with Gasteiger partial charge in [0.15, 0.2) is 0 Å². The van der Waals surface area contributed by atoms with E-state index in [-0.39, 0.29) is 0 Å². The van der Waals surface area contributed by atoms with Gasteiger partial charge in [0.2, 0.25) is 0 Å². The number of rotatable bonds is 1. The molecule has 2 rings (SSSR count). The molecule has 0 aromatic carbocycles. The Bertz CT molecular complexity index is 279. The largest absolute Gasteiger partial charge is 0.306 e. The van der Waals surface area contributed by atoms with Crippen molar-refractivity contribution in [2.45, 2.75) is 19.3 Å². The summed E-state index contributed by atoms with van der Waals surface area (Å²) in [6, 6.07) is 4.32. The Morgan fingerprint density at radius 3 is 2.85 bits per heavy atom. The molecule has 0 radical (unpaired) electrons. The summed E-state index contributed by atoms with van der Waals surface area (Å²) >= 11 is 0. The van der Waals surface area contributed by atoms with Crippen LogP contribution in [0.2, 0.25) is 0 Å². The predicted octanol–water partition coefficient (Wildman–Crippen LogP) is 1.81. The topological polar surface area (TPSA) is 16.1 Å². The normalized spacial score (nSPS) is 23.7. The van der Waals surface area contributed by atoms with E-state index in [0.717, 1.165) is 5.69 Å². The zero-order valence-corrected chi connectivity index (χ0v) is 8.33. The number of pyridine rings is 1. The van der Waals surface area contributed by atoms with Gasteiger partial charge in [-0.15, -0.1) is 0 Å².